The summed E-state index contributed by atoms with van der Waals surface area (Å²) in [4.78, 5) is 0. The molecule has 0 heterocycles. The van der Waals surface area contributed by atoms with E-state index in [1.807, 2.05) is 13.0 Å². The third-order valence-corrected chi connectivity index (χ3v) is 3.00. The highest BCUT2D eigenvalue weighted by Crippen LogP contribution is 2.40. The van der Waals surface area contributed by atoms with Crippen LogP contribution in [0.5, 0.6) is 0 Å². The van der Waals surface area contributed by atoms with E-state index in [9.17, 15) is 4.39 Å². The fraction of sp³-hybridized carbons (Fsp3) is 0.500. The maximum atomic E-state index is 13.4. The van der Waals surface area contributed by atoms with Crippen LogP contribution in [0.15, 0.2) is 18.2 Å². The van der Waals surface area contributed by atoms with Gasteiger partial charge in [0.2, 0.25) is 0 Å². The van der Waals surface area contributed by atoms with Gasteiger partial charge in [-0.3, -0.25) is 0 Å². The van der Waals surface area contributed by atoms with Gasteiger partial charge >= 0.3 is 0 Å². The van der Waals surface area contributed by atoms with Crippen molar-refractivity contribution in [3.8, 4) is 0 Å². The second kappa shape index (κ2) is 3.70. The number of rotatable bonds is 3. The summed E-state index contributed by atoms with van der Waals surface area (Å²) in [5, 5.41) is 0. The Morgan fingerprint density at radius 3 is 2.79 bits per heavy atom. The molecule has 1 aliphatic carbocycles. The van der Waals surface area contributed by atoms with Crippen LogP contribution in [0.4, 0.5) is 4.39 Å². The molecule has 1 atom stereocenters. The molecule has 1 unspecified atom stereocenters. The van der Waals surface area contributed by atoms with Crippen molar-refractivity contribution in [2.45, 2.75) is 32.2 Å². The van der Waals surface area contributed by atoms with Gasteiger partial charge < -0.3 is 5.73 Å². The zero-order valence-corrected chi connectivity index (χ0v) is 8.46. The fourth-order valence-electron chi connectivity index (χ4n) is 1.97. The Kier molecular flexibility index (Phi) is 2.55. The molecule has 0 amide bonds. The van der Waals surface area contributed by atoms with Gasteiger partial charge in [-0.25, -0.2) is 4.39 Å². The largest absolute Gasteiger partial charge is 0.324 e. The summed E-state index contributed by atoms with van der Waals surface area (Å²) in [6.07, 6.45) is 3.12. The van der Waals surface area contributed by atoms with Crippen LogP contribution in [0.25, 0.3) is 0 Å². The SMILES string of the molecule is CCc1c(F)cccc1C(N)C1CC1. The van der Waals surface area contributed by atoms with E-state index >= 15 is 0 Å². The number of hydrogen-bond donors (Lipinski definition) is 1. The number of nitrogens with two attached hydrogens (primary N) is 1. The Morgan fingerprint density at radius 2 is 2.21 bits per heavy atom. The van der Waals surface area contributed by atoms with Crippen molar-refractivity contribution in [2.75, 3.05) is 0 Å². The minimum absolute atomic E-state index is 0.0423. The third kappa shape index (κ3) is 1.67. The Balaban J connectivity index is 2.35. The molecule has 0 radical (unpaired) electrons. The Labute approximate surface area is 84.1 Å². The van der Waals surface area contributed by atoms with Gasteiger partial charge in [-0.05, 0) is 42.4 Å². The van der Waals surface area contributed by atoms with Gasteiger partial charge in [-0.1, -0.05) is 19.1 Å². The molecule has 0 saturated heterocycles. The molecule has 76 valence electrons. The predicted octanol–water partition coefficient (Wildman–Crippen LogP) is 2.80. The highest BCUT2D eigenvalue weighted by atomic mass is 19.1. The molecule has 1 nitrogen and oxygen atoms in total. The molecule has 2 heteroatoms. The summed E-state index contributed by atoms with van der Waals surface area (Å²) < 4.78 is 13.4. The number of halogens is 1. The molecular formula is C12H16FN. The number of benzene rings is 1. The topological polar surface area (TPSA) is 26.0 Å². The average molecular weight is 193 g/mol. The summed E-state index contributed by atoms with van der Waals surface area (Å²) in [5.74, 6) is 0.475. The molecule has 2 rings (SSSR count). The van der Waals surface area contributed by atoms with E-state index in [0.29, 0.717) is 5.92 Å². The zero-order chi connectivity index (χ0) is 10.1. The molecule has 0 aromatic heterocycles. The van der Waals surface area contributed by atoms with Crippen molar-refractivity contribution < 1.29 is 4.39 Å². The van der Waals surface area contributed by atoms with E-state index in [1.54, 1.807) is 6.07 Å². The quantitative estimate of drug-likeness (QED) is 0.784. The van der Waals surface area contributed by atoms with Crippen LogP contribution >= 0.6 is 0 Å². The third-order valence-electron chi connectivity index (χ3n) is 3.00. The number of hydrogen-bond acceptors (Lipinski definition) is 1. The van der Waals surface area contributed by atoms with Crippen molar-refractivity contribution in [3.63, 3.8) is 0 Å². The lowest BCUT2D eigenvalue weighted by molar-refractivity contribution is 0.583. The maximum absolute atomic E-state index is 13.4. The predicted molar refractivity (Wildman–Crippen MR) is 55.4 cm³/mol. The van der Waals surface area contributed by atoms with Crippen LogP contribution in [-0.4, -0.2) is 0 Å². The van der Waals surface area contributed by atoms with Gasteiger partial charge in [0.15, 0.2) is 0 Å². The van der Waals surface area contributed by atoms with Crippen molar-refractivity contribution in [2.24, 2.45) is 11.7 Å². The van der Waals surface area contributed by atoms with E-state index in [2.05, 4.69) is 0 Å². The molecule has 1 aromatic rings. The minimum Gasteiger partial charge on any atom is -0.324 e. The van der Waals surface area contributed by atoms with Gasteiger partial charge in [0.25, 0.3) is 0 Å². The minimum atomic E-state index is -0.110. The van der Waals surface area contributed by atoms with Crippen molar-refractivity contribution in [1.82, 2.24) is 0 Å². The van der Waals surface area contributed by atoms with E-state index in [-0.39, 0.29) is 11.9 Å². The highest BCUT2D eigenvalue weighted by Gasteiger charge is 2.30. The first-order valence-electron chi connectivity index (χ1n) is 5.27. The smallest absolute Gasteiger partial charge is 0.126 e. The zero-order valence-electron chi connectivity index (χ0n) is 8.46. The molecule has 1 saturated carbocycles. The van der Waals surface area contributed by atoms with Crippen molar-refractivity contribution in [1.29, 1.82) is 0 Å². The van der Waals surface area contributed by atoms with Gasteiger partial charge in [-0.2, -0.15) is 0 Å². The lowest BCUT2D eigenvalue weighted by atomic mass is 9.96. The molecule has 0 spiro atoms. The van der Waals surface area contributed by atoms with Crippen LogP contribution in [0.3, 0.4) is 0 Å². The lowest BCUT2D eigenvalue weighted by Gasteiger charge is -2.15. The van der Waals surface area contributed by atoms with Crippen LogP contribution in [0.2, 0.25) is 0 Å². The monoisotopic (exact) mass is 193 g/mol. The molecule has 14 heavy (non-hydrogen) atoms. The molecular weight excluding hydrogens is 177 g/mol. The molecule has 2 N–H and O–H groups in total. The first kappa shape index (κ1) is 9.66. The maximum Gasteiger partial charge on any atom is 0.126 e. The van der Waals surface area contributed by atoms with Gasteiger partial charge in [0.1, 0.15) is 5.82 Å². The molecule has 1 aliphatic rings. The first-order chi connectivity index (χ1) is 6.74. The molecule has 1 fully saturated rings. The molecule has 0 aliphatic heterocycles. The van der Waals surface area contributed by atoms with Crippen molar-refractivity contribution in [3.05, 3.63) is 35.1 Å². The van der Waals surface area contributed by atoms with E-state index < -0.39 is 0 Å². The Morgan fingerprint density at radius 1 is 1.50 bits per heavy atom. The molecule has 0 bridgehead atoms. The average Bonchev–Trinajstić information content (AvgIpc) is 2.99. The summed E-state index contributed by atoms with van der Waals surface area (Å²) >= 11 is 0. The summed E-state index contributed by atoms with van der Waals surface area (Å²) in [5.41, 5.74) is 7.89. The Hall–Kier alpha value is -0.890. The second-order valence-electron chi connectivity index (χ2n) is 4.02. The normalized spacial score (nSPS) is 18.2. The van der Waals surface area contributed by atoms with Gasteiger partial charge in [0.05, 0.1) is 0 Å². The van der Waals surface area contributed by atoms with E-state index in [1.165, 1.54) is 18.9 Å². The van der Waals surface area contributed by atoms with Crippen LogP contribution in [-0.2, 0) is 6.42 Å². The van der Waals surface area contributed by atoms with Crippen LogP contribution < -0.4 is 5.73 Å². The highest BCUT2D eigenvalue weighted by molar-refractivity contribution is 5.32. The second-order valence-corrected chi connectivity index (χ2v) is 4.02. The van der Waals surface area contributed by atoms with Crippen LogP contribution in [0.1, 0.15) is 36.9 Å². The van der Waals surface area contributed by atoms with Gasteiger partial charge in [0, 0.05) is 6.04 Å². The summed E-state index contributed by atoms with van der Waals surface area (Å²) in [6, 6.07) is 5.28. The fourth-order valence-corrected chi connectivity index (χ4v) is 1.97. The summed E-state index contributed by atoms with van der Waals surface area (Å²) in [6.45, 7) is 1.97. The van der Waals surface area contributed by atoms with Crippen molar-refractivity contribution >= 4 is 0 Å². The first-order valence-corrected chi connectivity index (χ1v) is 5.27. The Bertz CT molecular complexity index is 331. The van der Waals surface area contributed by atoms with Gasteiger partial charge in [-0.15, -0.1) is 0 Å². The van der Waals surface area contributed by atoms with E-state index in [0.717, 1.165) is 17.5 Å². The summed E-state index contributed by atoms with van der Waals surface area (Å²) in [7, 11) is 0. The molecule has 1 aromatic carbocycles. The standard InChI is InChI=1S/C12H16FN/c1-2-9-10(4-3-5-11(9)13)12(14)8-6-7-8/h3-5,8,12H,2,6-7,14H2,1H3. The van der Waals surface area contributed by atoms with Crippen LogP contribution in [0, 0.1) is 11.7 Å². The lowest BCUT2D eigenvalue weighted by Crippen LogP contribution is -2.15. The van der Waals surface area contributed by atoms with E-state index in [4.69, 9.17) is 5.73 Å².